The monoisotopic (exact) mass is 380 g/mol. The summed E-state index contributed by atoms with van der Waals surface area (Å²) in [6.45, 7) is 1.34. The van der Waals surface area contributed by atoms with Gasteiger partial charge in [0, 0.05) is 25.7 Å². The molecule has 1 amide bonds. The molecule has 2 fully saturated rings. The molecule has 0 aliphatic heterocycles. The molecule has 2 aliphatic carbocycles. The highest BCUT2D eigenvalue weighted by Crippen LogP contribution is 2.31. The molecule has 26 heavy (non-hydrogen) atoms. The van der Waals surface area contributed by atoms with Crippen molar-refractivity contribution in [2.24, 2.45) is 0 Å². The maximum absolute atomic E-state index is 13.2. The predicted octanol–water partition coefficient (Wildman–Crippen LogP) is 3.51. The van der Waals surface area contributed by atoms with Gasteiger partial charge in [-0.15, -0.1) is 10.2 Å². The molecule has 0 unspecified atom stereocenters. The number of rotatable bonds is 8. The third kappa shape index (κ3) is 5.22. The van der Waals surface area contributed by atoms with Crippen LogP contribution in [0.3, 0.4) is 0 Å². The van der Waals surface area contributed by atoms with Crippen LogP contribution in [-0.2, 0) is 16.1 Å². The first kappa shape index (κ1) is 19.7. The average molecular weight is 381 g/mol. The standard InChI is InChI=1S/C19H32N4O2S/c1-25-13-12-22-15-20-21-19(22)26-14-18(24)23(16-8-4-2-5-9-16)17-10-6-3-7-11-17/h15-17H,2-14H2,1H3. The number of ether oxygens (including phenoxy) is 1. The summed E-state index contributed by atoms with van der Waals surface area (Å²) in [5, 5.41) is 8.97. The molecule has 2 aliphatic rings. The van der Waals surface area contributed by atoms with Gasteiger partial charge in [0.15, 0.2) is 5.16 Å². The lowest BCUT2D eigenvalue weighted by Crippen LogP contribution is -2.49. The Morgan fingerprint density at radius 2 is 1.77 bits per heavy atom. The smallest absolute Gasteiger partial charge is 0.233 e. The van der Waals surface area contributed by atoms with Crippen LogP contribution in [0.1, 0.15) is 64.2 Å². The van der Waals surface area contributed by atoms with Crippen molar-refractivity contribution in [1.29, 1.82) is 0 Å². The van der Waals surface area contributed by atoms with Crippen LogP contribution in [0.25, 0.3) is 0 Å². The van der Waals surface area contributed by atoms with Crippen molar-refractivity contribution in [2.75, 3.05) is 19.5 Å². The number of thioether (sulfide) groups is 1. The number of nitrogens with zero attached hydrogens (tertiary/aromatic N) is 4. The van der Waals surface area contributed by atoms with Crippen molar-refractivity contribution in [3.8, 4) is 0 Å². The van der Waals surface area contributed by atoms with E-state index in [4.69, 9.17) is 4.74 Å². The number of hydrogen-bond acceptors (Lipinski definition) is 5. The fraction of sp³-hybridized carbons (Fsp3) is 0.842. The van der Waals surface area contributed by atoms with Gasteiger partial charge in [-0.3, -0.25) is 4.79 Å². The highest BCUT2D eigenvalue weighted by atomic mass is 32.2. The summed E-state index contributed by atoms with van der Waals surface area (Å²) in [4.78, 5) is 15.5. The van der Waals surface area contributed by atoms with Crippen LogP contribution in [0.15, 0.2) is 11.5 Å². The average Bonchev–Trinajstić information content (AvgIpc) is 3.14. The number of hydrogen-bond donors (Lipinski definition) is 0. The van der Waals surface area contributed by atoms with E-state index in [-0.39, 0.29) is 5.91 Å². The highest BCUT2D eigenvalue weighted by molar-refractivity contribution is 7.99. The quantitative estimate of drug-likeness (QED) is 0.646. The van der Waals surface area contributed by atoms with Crippen molar-refractivity contribution in [2.45, 2.75) is 88.0 Å². The van der Waals surface area contributed by atoms with E-state index in [0.717, 1.165) is 11.7 Å². The molecular formula is C19H32N4O2S. The maximum atomic E-state index is 13.2. The van der Waals surface area contributed by atoms with Crippen LogP contribution in [0.4, 0.5) is 0 Å². The Morgan fingerprint density at radius 1 is 1.15 bits per heavy atom. The zero-order valence-corrected chi connectivity index (χ0v) is 16.8. The molecule has 3 rings (SSSR count). The lowest BCUT2D eigenvalue weighted by atomic mass is 9.88. The van der Waals surface area contributed by atoms with Gasteiger partial charge in [-0.25, -0.2) is 0 Å². The van der Waals surface area contributed by atoms with E-state index in [0.29, 0.717) is 24.4 Å². The molecule has 0 bridgehead atoms. The first-order valence-corrected chi connectivity index (χ1v) is 11.1. The molecule has 6 nitrogen and oxygen atoms in total. The topological polar surface area (TPSA) is 60.2 Å². The van der Waals surface area contributed by atoms with E-state index in [1.807, 2.05) is 4.57 Å². The van der Waals surface area contributed by atoms with Gasteiger partial charge >= 0.3 is 0 Å². The number of aromatic nitrogens is 3. The summed E-state index contributed by atoms with van der Waals surface area (Å²) in [6, 6.07) is 0.901. The van der Waals surface area contributed by atoms with Gasteiger partial charge in [-0.2, -0.15) is 0 Å². The lowest BCUT2D eigenvalue weighted by Gasteiger charge is -2.41. The highest BCUT2D eigenvalue weighted by Gasteiger charge is 2.32. The molecule has 0 N–H and O–H groups in total. The van der Waals surface area contributed by atoms with Gasteiger partial charge in [-0.05, 0) is 25.7 Å². The molecule has 1 aromatic rings. The van der Waals surface area contributed by atoms with Gasteiger partial charge in [0.2, 0.25) is 5.91 Å². The fourth-order valence-corrected chi connectivity index (χ4v) is 5.13. The van der Waals surface area contributed by atoms with E-state index in [9.17, 15) is 4.79 Å². The molecule has 0 radical (unpaired) electrons. The molecule has 0 atom stereocenters. The zero-order valence-electron chi connectivity index (χ0n) is 15.9. The molecular weight excluding hydrogens is 348 g/mol. The zero-order chi connectivity index (χ0) is 18.2. The number of amides is 1. The molecule has 146 valence electrons. The van der Waals surface area contributed by atoms with Gasteiger partial charge in [-0.1, -0.05) is 50.3 Å². The summed E-state index contributed by atoms with van der Waals surface area (Å²) >= 11 is 1.51. The largest absolute Gasteiger partial charge is 0.383 e. The second-order valence-corrected chi connectivity index (χ2v) is 8.42. The summed E-state index contributed by atoms with van der Waals surface area (Å²) < 4.78 is 7.10. The Bertz CT molecular complexity index is 535. The normalized spacial score (nSPS) is 19.6. The first-order chi connectivity index (χ1) is 12.8. The van der Waals surface area contributed by atoms with Gasteiger partial charge in [0.1, 0.15) is 6.33 Å². The number of carbonyl (C=O) groups is 1. The van der Waals surface area contributed by atoms with Crippen molar-refractivity contribution < 1.29 is 9.53 Å². The molecule has 0 aromatic carbocycles. The Labute approximate surface area is 161 Å². The summed E-state index contributed by atoms with van der Waals surface area (Å²) in [5.74, 6) is 0.744. The Hall–Kier alpha value is -1.08. The van der Waals surface area contributed by atoms with Crippen molar-refractivity contribution >= 4 is 17.7 Å². The molecule has 0 saturated heterocycles. The third-order valence-corrected chi connectivity index (χ3v) is 6.63. The number of carbonyl (C=O) groups excluding carboxylic acids is 1. The van der Waals surface area contributed by atoms with Crippen LogP contribution in [0, 0.1) is 0 Å². The van der Waals surface area contributed by atoms with Gasteiger partial charge in [0.05, 0.1) is 12.4 Å². The minimum absolute atomic E-state index is 0.287. The van der Waals surface area contributed by atoms with Crippen LogP contribution < -0.4 is 0 Å². The Balaban J connectivity index is 1.62. The first-order valence-electron chi connectivity index (χ1n) is 10.1. The Kier molecular flexibility index (Phi) is 7.80. The van der Waals surface area contributed by atoms with Gasteiger partial charge < -0.3 is 14.2 Å². The van der Waals surface area contributed by atoms with E-state index in [1.165, 1.54) is 76.0 Å². The van der Waals surface area contributed by atoms with E-state index in [1.54, 1.807) is 13.4 Å². The predicted molar refractivity (Wildman–Crippen MR) is 103 cm³/mol. The van der Waals surface area contributed by atoms with Crippen LogP contribution in [0.2, 0.25) is 0 Å². The van der Waals surface area contributed by atoms with Crippen LogP contribution in [0.5, 0.6) is 0 Å². The summed E-state index contributed by atoms with van der Waals surface area (Å²) in [7, 11) is 1.69. The van der Waals surface area contributed by atoms with Crippen LogP contribution in [-0.4, -0.2) is 57.1 Å². The third-order valence-electron chi connectivity index (χ3n) is 5.67. The van der Waals surface area contributed by atoms with E-state index < -0.39 is 0 Å². The SMILES string of the molecule is COCCn1cnnc1SCC(=O)N(C1CCCCC1)C1CCCCC1. The molecule has 1 heterocycles. The lowest BCUT2D eigenvalue weighted by molar-refractivity contribution is -0.135. The van der Waals surface area contributed by atoms with E-state index >= 15 is 0 Å². The van der Waals surface area contributed by atoms with E-state index in [2.05, 4.69) is 15.1 Å². The van der Waals surface area contributed by atoms with Crippen molar-refractivity contribution in [3.63, 3.8) is 0 Å². The second kappa shape index (κ2) is 10.3. The Morgan fingerprint density at radius 3 is 2.35 bits per heavy atom. The maximum Gasteiger partial charge on any atom is 0.233 e. The summed E-state index contributed by atoms with van der Waals surface area (Å²) in [5.41, 5.74) is 0. The summed E-state index contributed by atoms with van der Waals surface area (Å²) in [6.07, 6.45) is 14.1. The van der Waals surface area contributed by atoms with Crippen LogP contribution >= 0.6 is 11.8 Å². The molecule has 1 aromatic heterocycles. The minimum atomic E-state index is 0.287. The minimum Gasteiger partial charge on any atom is -0.383 e. The fourth-order valence-electron chi connectivity index (χ4n) is 4.32. The molecule has 2 saturated carbocycles. The van der Waals surface area contributed by atoms with Crippen molar-refractivity contribution in [3.05, 3.63) is 6.33 Å². The second-order valence-electron chi connectivity index (χ2n) is 7.47. The molecule has 0 spiro atoms. The molecule has 7 heteroatoms. The van der Waals surface area contributed by atoms with Crippen molar-refractivity contribution in [1.82, 2.24) is 19.7 Å². The number of methoxy groups -OCH3 is 1. The van der Waals surface area contributed by atoms with Gasteiger partial charge in [0.25, 0.3) is 0 Å².